The molecule has 0 aliphatic carbocycles. The largest absolute Gasteiger partial charge is 0.278 e. The van der Waals surface area contributed by atoms with Crippen molar-refractivity contribution < 1.29 is 0 Å². The van der Waals surface area contributed by atoms with Crippen LogP contribution in [0.5, 0.6) is 0 Å². The number of hydrogen-bond acceptors (Lipinski definition) is 5. The van der Waals surface area contributed by atoms with Crippen LogP contribution in [-0.4, -0.2) is 29.5 Å². The summed E-state index contributed by atoms with van der Waals surface area (Å²) in [5.74, 6) is 1.63. The Labute approximate surface area is 241 Å². The van der Waals surface area contributed by atoms with Gasteiger partial charge in [0.2, 0.25) is 5.95 Å². The summed E-state index contributed by atoms with van der Waals surface area (Å²) >= 11 is 0. The molecule has 0 fully saturated rings. The van der Waals surface area contributed by atoms with Crippen molar-refractivity contribution in [2.75, 3.05) is 0 Å². The SMILES string of the molecule is CCCCc1ccc2c(c1)c1cc(CCCC)ccc1n2-c1nc(-c2ccc(C)cn2)nc(-c2ccc(C)cn2)n1. The van der Waals surface area contributed by atoms with E-state index in [0.29, 0.717) is 29.0 Å². The highest BCUT2D eigenvalue weighted by Crippen LogP contribution is 2.34. The van der Waals surface area contributed by atoms with Gasteiger partial charge in [-0.25, -0.2) is 4.98 Å². The van der Waals surface area contributed by atoms with E-state index >= 15 is 0 Å². The Kier molecular flexibility index (Phi) is 7.55. The molecule has 6 nitrogen and oxygen atoms in total. The van der Waals surface area contributed by atoms with Crippen molar-refractivity contribution in [2.24, 2.45) is 0 Å². The van der Waals surface area contributed by atoms with E-state index in [-0.39, 0.29) is 0 Å². The molecule has 206 valence electrons. The topological polar surface area (TPSA) is 69.4 Å². The molecule has 6 aromatic rings. The van der Waals surface area contributed by atoms with Crippen LogP contribution in [0, 0.1) is 13.8 Å². The van der Waals surface area contributed by atoms with Crippen LogP contribution in [0.25, 0.3) is 50.8 Å². The number of aryl methyl sites for hydroxylation is 4. The molecule has 0 aliphatic heterocycles. The van der Waals surface area contributed by atoms with Gasteiger partial charge in [0.1, 0.15) is 11.4 Å². The molecule has 0 radical (unpaired) electrons. The molecular formula is C35H36N6. The number of fused-ring (bicyclic) bond motifs is 3. The minimum Gasteiger partial charge on any atom is -0.278 e. The second-order valence-corrected chi connectivity index (χ2v) is 11.0. The van der Waals surface area contributed by atoms with Gasteiger partial charge in [0.15, 0.2) is 11.6 Å². The molecule has 6 heteroatoms. The lowest BCUT2D eigenvalue weighted by atomic mass is 10.0. The lowest BCUT2D eigenvalue weighted by Crippen LogP contribution is -2.07. The molecule has 0 amide bonds. The van der Waals surface area contributed by atoms with Crippen LogP contribution in [0.15, 0.2) is 73.1 Å². The van der Waals surface area contributed by atoms with E-state index in [2.05, 4.69) is 64.8 Å². The minimum atomic E-state index is 0.529. The first-order valence-corrected chi connectivity index (χ1v) is 14.7. The number of pyridine rings is 2. The average Bonchev–Trinajstić information content (AvgIpc) is 3.32. The van der Waals surface area contributed by atoms with Crippen LogP contribution in [0.3, 0.4) is 0 Å². The Bertz CT molecular complexity index is 1690. The quantitative estimate of drug-likeness (QED) is 0.184. The highest BCUT2D eigenvalue weighted by Gasteiger charge is 2.19. The molecule has 0 N–H and O–H groups in total. The normalized spacial score (nSPS) is 11.5. The second-order valence-electron chi connectivity index (χ2n) is 11.0. The first-order chi connectivity index (χ1) is 20.0. The maximum absolute atomic E-state index is 5.01. The van der Waals surface area contributed by atoms with Crippen molar-refractivity contribution >= 4 is 21.8 Å². The van der Waals surface area contributed by atoms with Crippen LogP contribution in [0.2, 0.25) is 0 Å². The average molecular weight is 541 g/mol. The Morgan fingerprint density at radius 3 is 1.49 bits per heavy atom. The Morgan fingerprint density at radius 2 is 1.07 bits per heavy atom. The summed E-state index contributed by atoms with van der Waals surface area (Å²) in [5, 5.41) is 2.47. The van der Waals surface area contributed by atoms with E-state index < -0.39 is 0 Å². The predicted molar refractivity (Wildman–Crippen MR) is 167 cm³/mol. The fraction of sp³-hybridized carbons (Fsp3) is 0.286. The minimum absolute atomic E-state index is 0.529. The van der Waals surface area contributed by atoms with Crippen molar-refractivity contribution in [3.63, 3.8) is 0 Å². The van der Waals surface area contributed by atoms with E-state index in [1.807, 2.05) is 50.5 Å². The van der Waals surface area contributed by atoms with E-state index in [9.17, 15) is 0 Å². The summed E-state index contributed by atoms with van der Waals surface area (Å²) < 4.78 is 2.18. The lowest BCUT2D eigenvalue weighted by Gasteiger charge is -2.11. The molecule has 2 aromatic carbocycles. The van der Waals surface area contributed by atoms with Gasteiger partial charge in [-0.3, -0.25) is 14.5 Å². The molecule has 0 spiro atoms. The van der Waals surface area contributed by atoms with E-state index in [4.69, 9.17) is 15.0 Å². The number of benzene rings is 2. The molecule has 0 saturated heterocycles. The van der Waals surface area contributed by atoms with Gasteiger partial charge in [-0.15, -0.1) is 0 Å². The van der Waals surface area contributed by atoms with Gasteiger partial charge in [0.05, 0.1) is 11.0 Å². The molecule has 0 saturated carbocycles. The zero-order chi connectivity index (χ0) is 28.3. The van der Waals surface area contributed by atoms with E-state index in [1.165, 1.54) is 47.6 Å². The highest BCUT2D eigenvalue weighted by atomic mass is 15.2. The molecule has 0 aliphatic rings. The summed E-state index contributed by atoms with van der Waals surface area (Å²) in [6, 6.07) is 21.7. The van der Waals surface area contributed by atoms with Gasteiger partial charge < -0.3 is 0 Å². The van der Waals surface area contributed by atoms with Crippen LogP contribution < -0.4 is 0 Å². The maximum atomic E-state index is 5.01. The molecule has 0 unspecified atom stereocenters. The van der Waals surface area contributed by atoms with Crippen molar-refractivity contribution in [2.45, 2.75) is 66.2 Å². The highest BCUT2D eigenvalue weighted by molar-refractivity contribution is 6.09. The van der Waals surface area contributed by atoms with Gasteiger partial charge in [0.25, 0.3) is 0 Å². The van der Waals surface area contributed by atoms with Crippen molar-refractivity contribution in [3.05, 3.63) is 95.3 Å². The van der Waals surface area contributed by atoms with Crippen LogP contribution >= 0.6 is 0 Å². The zero-order valence-electron chi connectivity index (χ0n) is 24.4. The number of unbranched alkanes of at least 4 members (excludes halogenated alkanes) is 2. The van der Waals surface area contributed by atoms with E-state index in [1.54, 1.807) is 0 Å². The zero-order valence-corrected chi connectivity index (χ0v) is 24.4. The third kappa shape index (κ3) is 5.47. The first-order valence-electron chi connectivity index (χ1n) is 14.7. The first kappa shape index (κ1) is 26.8. The van der Waals surface area contributed by atoms with Crippen LogP contribution in [0.4, 0.5) is 0 Å². The van der Waals surface area contributed by atoms with Crippen molar-refractivity contribution in [1.82, 2.24) is 29.5 Å². The number of aromatic nitrogens is 6. The maximum Gasteiger partial charge on any atom is 0.238 e. The third-order valence-electron chi connectivity index (χ3n) is 7.64. The third-order valence-corrected chi connectivity index (χ3v) is 7.64. The molecule has 0 bridgehead atoms. The van der Waals surface area contributed by atoms with Crippen LogP contribution in [-0.2, 0) is 12.8 Å². The van der Waals surface area contributed by atoms with Gasteiger partial charge in [-0.2, -0.15) is 9.97 Å². The monoisotopic (exact) mass is 540 g/mol. The smallest absolute Gasteiger partial charge is 0.238 e. The summed E-state index contributed by atoms with van der Waals surface area (Å²) in [5.41, 5.74) is 8.49. The van der Waals surface area contributed by atoms with Gasteiger partial charge in [-0.1, -0.05) is 51.0 Å². The summed E-state index contributed by atoms with van der Waals surface area (Å²) in [6.07, 6.45) is 10.6. The fourth-order valence-electron chi connectivity index (χ4n) is 5.30. The Balaban J connectivity index is 1.61. The number of nitrogens with zero attached hydrogens (tertiary/aromatic N) is 6. The number of rotatable bonds is 9. The summed E-state index contributed by atoms with van der Waals surface area (Å²) in [4.78, 5) is 24.2. The summed E-state index contributed by atoms with van der Waals surface area (Å²) in [7, 11) is 0. The standard InChI is InChI=1S/C35H36N6/c1-5-7-9-25-13-17-31-27(19-25)28-20-26(10-8-6-2)14-18-32(28)41(31)35-39-33(29-15-11-23(3)21-36-29)38-34(40-35)30-16-12-24(4)22-37-30/h11-22H,5-10H2,1-4H3. The Morgan fingerprint density at radius 1 is 0.585 bits per heavy atom. The number of hydrogen-bond donors (Lipinski definition) is 0. The van der Waals surface area contributed by atoms with Gasteiger partial charge in [-0.05, 0) is 98.2 Å². The predicted octanol–water partition coefficient (Wildman–Crippen LogP) is 8.39. The fourth-order valence-corrected chi connectivity index (χ4v) is 5.30. The van der Waals surface area contributed by atoms with Crippen molar-refractivity contribution in [1.29, 1.82) is 0 Å². The Hall–Kier alpha value is -4.45. The van der Waals surface area contributed by atoms with Gasteiger partial charge >= 0.3 is 0 Å². The van der Waals surface area contributed by atoms with Crippen LogP contribution in [0.1, 0.15) is 61.8 Å². The molecule has 0 atom stereocenters. The molecular weight excluding hydrogens is 504 g/mol. The lowest BCUT2D eigenvalue weighted by molar-refractivity contribution is 0.795. The van der Waals surface area contributed by atoms with Gasteiger partial charge in [0, 0.05) is 23.2 Å². The molecule has 4 heterocycles. The summed E-state index contributed by atoms with van der Waals surface area (Å²) in [6.45, 7) is 8.54. The van der Waals surface area contributed by atoms with E-state index in [0.717, 1.165) is 35.0 Å². The second kappa shape index (κ2) is 11.6. The molecule has 4 aromatic heterocycles. The molecule has 6 rings (SSSR count). The van der Waals surface area contributed by atoms with Crippen molar-refractivity contribution in [3.8, 4) is 29.0 Å². The molecule has 41 heavy (non-hydrogen) atoms.